The number of hydrogen-bond donors (Lipinski definition) is 0. The predicted molar refractivity (Wildman–Crippen MR) is 84.2 cm³/mol. The standard InChI is InChI=1S/C17H27N3/c1-11-10-12(2)18-13(3)17(11)20-14(4)19(5)15-6-8-16(20)9-7-15/h10,14-16H,6-9H2,1-5H3. The molecule has 0 aromatic carbocycles. The highest BCUT2D eigenvalue weighted by Gasteiger charge is 2.39. The average Bonchev–Trinajstić information content (AvgIpc) is 2.57. The molecule has 4 rings (SSSR count). The minimum atomic E-state index is 0.469. The van der Waals surface area contributed by atoms with Crippen molar-refractivity contribution >= 4 is 5.69 Å². The zero-order chi connectivity index (χ0) is 14.4. The van der Waals surface area contributed by atoms with E-state index in [0.717, 1.165) is 11.7 Å². The summed E-state index contributed by atoms with van der Waals surface area (Å²) in [5.41, 5.74) is 5.07. The average molecular weight is 273 g/mol. The molecule has 1 aliphatic carbocycles. The third-order valence-electron chi connectivity index (χ3n) is 5.37. The molecule has 0 amide bonds. The molecule has 3 heteroatoms. The fraction of sp³-hybridized carbons (Fsp3) is 0.706. The Hall–Kier alpha value is -1.09. The highest BCUT2D eigenvalue weighted by molar-refractivity contribution is 5.58. The van der Waals surface area contributed by atoms with Crippen LogP contribution in [0.25, 0.3) is 0 Å². The number of hydrogen-bond acceptors (Lipinski definition) is 3. The molecule has 0 N–H and O–H groups in total. The van der Waals surface area contributed by atoms with E-state index in [1.54, 1.807) is 0 Å². The van der Waals surface area contributed by atoms with Crippen LogP contribution in [0.4, 0.5) is 5.69 Å². The molecule has 1 unspecified atom stereocenters. The van der Waals surface area contributed by atoms with Crippen LogP contribution in [0.1, 0.15) is 49.6 Å². The highest BCUT2D eigenvalue weighted by atomic mass is 15.4. The van der Waals surface area contributed by atoms with E-state index in [-0.39, 0.29) is 0 Å². The number of nitrogens with zero attached hydrogens (tertiary/aromatic N) is 3. The molecule has 3 aliphatic rings. The van der Waals surface area contributed by atoms with Crippen molar-refractivity contribution in [3.05, 3.63) is 23.0 Å². The van der Waals surface area contributed by atoms with Gasteiger partial charge in [-0.2, -0.15) is 0 Å². The first kappa shape index (κ1) is 13.9. The molecular formula is C17H27N3. The van der Waals surface area contributed by atoms with Gasteiger partial charge >= 0.3 is 0 Å². The lowest BCUT2D eigenvalue weighted by atomic mass is 9.91. The Morgan fingerprint density at radius 3 is 2.25 bits per heavy atom. The van der Waals surface area contributed by atoms with Gasteiger partial charge in [0, 0.05) is 17.8 Å². The monoisotopic (exact) mass is 273 g/mol. The third kappa shape index (κ3) is 2.12. The van der Waals surface area contributed by atoms with Crippen LogP contribution < -0.4 is 4.90 Å². The smallest absolute Gasteiger partial charge is 0.0795 e. The Bertz CT molecular complexity index is 480. The predicted octanol–water partition coefficient (Wildman–Crippen LogP) is 3.42. The Labute approximate surface area is 123 Å². The number of aryl methyl sites for hydroxylation is 3. The zero-order valence-electron chi connectivity index (χ0n) is 13.5. The molecule has 2 bridgehead atoms. The number of anilines is 1. The molecule has 20 heavy (non-hydrogen) atoms. The lowest BCUT2D eigenvalue weighted by Crippen LogP contribution is -2.47. The van der Waals surface area contributed by atoms with E-state index in [9.17, 15) is 0 Å². The summed E-state index contributed by atoms with van der Waals surface area (Å²) in [6.07, 6.45) is 5.81. The highest BCUT2D eigenvalue weighted by Crippen LogP contribution is 2.38. The Balaban J connectivity index is 2.08. The summed E-state index contributed by atoms with van der Waals surface area (Å²) in [6, 6.07) is 3.69. The van der Waals surface area contributed by atoms with Crippen molar-refractivity contribution in [1.82, 2.24) is 9.88 Å². The molecule has 110 valence electrons. The van der Waals surface area contributed by atoms with E-state index in [4.69, 9.17) is 4.98 Å². The third-order valence-corrected chi connectivity index (χ3v) is 5.37. The van der Waals surface area contributed by atoms with Crippen molar-refractivity contribution in [1.29, 1.82) is 0 Å². The fourth-order valence-electron chi connectivity index (χ4n) is 4.33. The van der Waals surface area contributed by atoms with E-state index >= 15 is 0 Å². The first-order valence-corrected chi connectivity index (χ1v) is 7.94. The van der Waals surface area contributed by atoms with Crippen molar-refractivity contribution < 1.29 is 0 Å². The minimum absolute atomic E-state index is 0.469. The van der Waals surface area contributed by atoms with Gasteiger partial charge in [-0.25, -0.2) is 0 Å². The fourth-order valence-corrected chi connectivity index (χ4v) is 4.33. The van der Waals surface area contributed by atoms with Gasteiger partial charge in [-0.1, -0.05) is 0 Å². The van der Waals surface area contributed by atoms with Gasteiger partial charge in [-0.05, 0) is 72.1 Å². The summed E-state index contributed by atoms with van der Waals surface area (Å²) in [5.74, 6) is 0. The van der Waals surface area contributed by atoms with E-state index in [1.807, 2.05) is 0 Å². The molecule has 3 fully saturated rings. The zero-order valence-corrected chi connectivity index (χ0v) is 13.5. The summed E-state index contributed by atoms with van der Waals surface area (Å²) in [4.78, 5) is 9.95. The molecule has 1 aromatic rings. The first-order valence-electron chi connectivity index (χ1n) is 7.94. The van der Waals surface area contributed by atoms with Crippen LogP contribution in [0.2, 0.25) is 0 Å². The first-order chi connectivity index (χ1) is 9.49. The molecule has 0 radical (unpaired) electrons. The van der Waals surface area contributed by atoms with Crippen molar-refractivity contribution in [2.45, 2.75) is 71.6 Å². The summed E-state index contributed by atoms with van der Waals surface area (Å²) >= 11 is 0. The maximum Gasteiger partial charge on any atom is 0.0795 e. The van der Waals surface area contributed by atoms with E-state index in [2.05, 4.69) is 50.6 Å². The SMILES string of the molecule is Cc1cc(C)c(N2C3CCC(CC3)N(C)C2C)c(C)n1. The van der Waals surface area contributed by atoms with E-state index in [1.165, 1.54) is 42.6 Å². The molecule has 1 saturated carbocycles. The van der Waals surface area contributed by atoms with Gasteiger partial charge in [-0.15, -0.1) is 0 Å². The molecule has 2 aliphatic heterocycles. The van der Waals surface area contributed by atoms with Gasteiger partial charge in [-0.3, -0.25) is 9.88 Å². The van der Waals surface area contributed by atoms with Gasteiger partial charge in [0.1, 0.15) is 0 Å². The van der Waals surface area contributed by atoms with Crippen molar-refractivity contribution in [3.8, 4) is 0 Å². The summed E-state index contributed by atoms with van der Waals surface area (Å²) in [5, 5.41) is 0. The molecule has 3 heterocycles. The van der Waals surface area contributed by atoms with Crippen molar-refractivity contribution in [3.63, 3.8) is 0 Å². The second kappa shape index (κ2) is 5.03. The molecular weight excluding hydrogens is 246 g/mol. The second-order valence-corrected chi connectivity index (χ2v) is 6.68. The maximum absolute atomic E-state index is 4.72. The Morgan fingerprint density at radius 1 is 1.05 bits per heavy atom. The van der Waals surface area contributed by atoms with E-state index in [0.29, 0.717) is 12.2 Å². The Kier molecular flexibility index (Phi) is 3.49. The molecule has 1 aromatic heterocycles. The summed E-state index contributed by atoms with van der Waals surface area (Å²) in [6.45, 7) is 8.85. The summed E-state index contributed by atoms with van der Waals surface area (Å²) < 4.78 is 0. The van der Waals surface area contributed by atoms with Gasteiger partial charge in [0.25, 0.3) is 0 Å². The van der Waals surface area contributed by atoms with Gasteiger partial charge in [0.05, 0.1) is 17.5 Å². The number of rotatable bonds is 1. The molecule has 2 saturated heterocycles. The largest absolute Gasteiger partial charge is 0.351 e. The van der Waals surface area contributed by atoms with Crippen molar-refractivity contribution in [2.75, 3.05) is 11.9 Å². The van der Waals surface area contributed by atoms with Crippen LogP contribution in [-0.2, 0) is 0 Å². The van der Waals surface area contributed by atoms with Gasteiger partial charge in [0.2, 0.25) is 0 Å². The lowest BCUT2D eigenvalue weighted by Gasteiger charge is -2.39. The van der Waals surface area contributed by atoms with Crippen molar-refractivity contribution in [2.24, 2.45) is 0 Å². The van der Waals surface area contributed by atoms with Crippen LogP contribution in [0.5, 0.6) is 0 Å². The maximum atomic E-state index is 4.72. The van der Waals surface area contributed by atoms with Crippen LogP contribution in [0.15, 0.2) is 6.07 Å². The van der Waals surface area contributed by atoms with Crippen LogP contribution in [0, 0.1) is 20.8 Å². The van der Waals surface area contributed by atoms with Crippen LogP contribution >= 0.6 is 0 Å². The second-order valence-electron chi connectivity index (χ2n) is 6.68. The lowest BCUT2D eigenvalue weighted by molar-refractivity contribution is 0.184. The van der Waals surface area contributed by atoms with Gasteiger partial charge < -0.3 is 4.90 Å². The molecule has 1 atom stereocenters. The van der Waals surface area contributed by atoms with Crippen LogP contribution in [0.3, 0.4) is 0 Å². The van der Waals surface area contributed by atoms with Gasteiger partial charge in [0.15, 0.2) is 0 Å². The number of pyridine rings is 1. The Morgan fingerprint density at radius 2 is 1.65 bits per heavy atom. The van der Waals surface area contributed by atoms with E-state index < -0.39 is 0 Å². The molecule has 3 nitrogen and oxygen atoms in total. The normalized spacial score (nSPS) is 30.6. The minimum Gasteiger partial charge on any atom is -0.351 e. The number of fused-ring (bicyclic) bond motifs is 4. The summed E-state index contributed by atoms with van der Waals surface area (Å²) in [7, 11) is 2.29. The molecule has 0 spiro atoms. The van der Waals surface area contributed by atoms with Crippen LogP contribution in [-0.4, -0.2) is 35.2 Å². The quantitative estimate of drug-likeness (QED) is 0.781. The topological polar surface area (TPSA) is 19.4 Å². The number of aromatic nitrogens is 1.